The Labute approximate surface area is 173 Å². The van der Waals surface area contributed by atoms with E-state index in [4.69, 9.17) is 14.3 Å². The number of rotatable bonds is 9. The Hall–Kier alpha value is -3.36. The fourth-order valence-electron chi connectivity index (χ4n) is 2.97. The highest BCUT2D eigenvalue weighted by molar-refractivity contribution is 5.90. The molecule has 3 N–H and O–H groups in total. The van der Waals surface area contributed by atoms with Crippen LogP contribution in [0.25, 0.3) is 11.0 Å². The van der Waals surface area contributed by atoms with Crippen molar-refractivity contribution in [3.05, 3.63) is 39.7 Å². The Kier molecular flexibility index (Phi) is 7.57. The zero-order chi connectivity index (χ0) is 22.4. The molecule has 1 aromatic heterocycles. The summed E-state index contributed by atoms with van der Waals surface area (Å²) in [6, 6.07) is 3.82. The Morgan fingerprint density at radius 1 is 1.17 bits per heavy atom. The molecule has 0 saturated heterocycles. The highest BCUT2D eigenvalue weighted by Crippen LogP contribution is 2.30. The van der Waals surface area contributed by atoms with Crippen LogP contribution in [0, 0.1) is 12.8 Å². The first kappa shape index (κ1) is 22.9. The second kappa shape index (κ2) is 9.91. The fraction of sp³-hybridized carbons (Fsp3) is 0.429. The van der Waals surface area contributed by atoms with Crippen LogP contribution in [0.3, 0.4) is 0 Å². The maximum absolute atomic E-state index is 12.1. The van der Waals surface area contributed by atoms with E-state index in [0.717, 1.165) is 11.1 Å². The normalized spacial score (nSPS) is 11.9. The smallest absolute Gasteiger partial charge is 0.336 e. The van der Waals surface area contributed by atoms with Gasteiger partial charge in [-0.15, -0.1) is 0 Å². The molecule has 1 aromatic carbocycles. The van der Waals surface area contributed by atoms with Gasteiger partial charge in [-0.2, -0.15) is 0 Å². The van der Waals surface area contributed by atoms with E-state index in [0.29, 0.717) is 23.1 Å². The first-order valence-corrected chi connectivity index (χ1v) is 9.61. The lowest BCUT2D eigenvalue weighted by Gasteiger charge is -2.18. The molecule has 30 heavy (non-hydrogen) atoms. The molecule has 9 heteroatoms. The van der Waals surface area contributed by atoms with Crippen LogP contribution in [-0.4, -0.2) is 42.1 Å². The quantitative estimate of drug-likeness (QED) is 0.524. The van der Waals surface area contributed by atoms with E-state index in [1.165, 1.54) is 6.07 Å². The van der Waals surface area contributed by atoms with E-state index in [-0.39, 0.29) is 19.1 Å². The zero-order valence-electron chi connectivity index (χ0n) is 17.4. The van der Waals surface area contributed by atoms with Crippen LogP contribution in [0.1, 0.15) is 31.9 Å². The number of hydrogen-bond acceptors (Lipinski definition) is 6. The average Bonchev–Trinajstić information content (AvgIpc) is 2.66. The summed E-state index contributed by atoms with van der Waals surface area (Å²) in [5.74, 6) is -2.20. The van der Waals surface area contributed by atoms with Crippen LogP contribution in [0.15, 0.2) is 27.4 Å². The summed E-state index contributed by atoms with van der Waals surface area (Å²) >= 11 is 0. The predicted molar refractivity (Wildman–Crippen MR) is 110 cm³/mol. The third-order valence-electron chi connectivity index (χ3n) is 4.47. The molecule has 0 aliphatic carbocycles. The summed E-state index contributed by atoms with van der Waals surface area (Å²) in [6.07, 6.45) is 0.578. The molecule has 1 heterocycles. The first-order chi connectivity index (χ1) is 14.1. The van der Waals surface area contributed by atoms with Crippen LogP contribution in [-0.2, 0) is 20.8 Å². The number of ether oxygens (including phenoxy) is 1. The average molecular weight is 418 g/mol. The summed E-state index contributed by atoms with van der Waals surface area (Å²) in [5.41, 5.74) is 1.45. The minimum atomic E-state index is -1.14. The van der Waals surface area contributed by atoms with E-state index >= 15 is 0 Å². The van der Waals surface area contributed by atoms with Crippen LogP contribution in [0.2, 0.25) is 0 Å². The van der Waals surface area contributed by atoms with Gasteiger partial charge in [0.05, 0.1) is 11.9 Å². The molecule has 0 spiro atoms. The van der Waals surface area contributed by atoms with E-state index in [2.05, 4.69) is 10.6 Å². The van der Waals surface area contributed by atoms with Gasteiger partial charge >= 0.3 is 11.6 Å². The summed E-state index contributed by atoms with van der Waals surface area (Å²) in [5, 5.41) is 14.5. The number of aliphatic carboxylic acids is 1. The number of amides is 2. The molecular weight excluding hydrogens is 392 g/mol. The van der Waals surface area contributed by atoms with Crippen molar-refractivity contribution in [1.29, 1.82) is 0 Å². The monoisotopic (exact) mass is 418 g/mol. The summed E-state index contributed by atoms with van der Waals surface area (Å²) in [4.78, 5) is 46.8. The van der Waals surface area contributed by atoms with Crippen LogP contribution < -0.4 is 21.0 Å². The number of carbonyl (C=O) groups is 3. The van der Waals surface area contributed by atoms with Gasteiger partial charge in [0, 0.05) is 6.07 Å². The number of benzene rings is 1. The van der Waals surface area contributed by atoms with Gasteiger partial charge in [-0.05, 0) is 42.5 Å². The van der Waals surface area contributed by atoms with Gasteiger partial charge in [0.25, 0.3) is 5.91 Å². The molecule has 2 aromatic rings. The van der Waals surface area contributed by atoms with Gasteiger partial charge in [-0.1, -0.05) is 20.8 Å². The van der Waals surface area contributed by atoms with E-state index in [1.807, 2.05) is 13.8 Å². The number of fused-ring (bicyclic) bond motifs is 1. The molecule has 1 atom stereocenters. The maximum Gasteiger partial charge on any atom is 0.336 e. The lowest BCUT2D eigenvalue weighted by atomic mass is 10.0. The van der Waals surface area contributed by atoms with Crippen molar-refractivity contribution in [3.63, 3.8) is 0 Å². The maximum atomic E-state index is 12.1. The Bertz CT molecular complexity index is 1010. The molecule has 2 rings (SSSR count). The number of aryl methyl sites for hydroxylation is 2. The fourth-order valence-corrected chi connectivity index (χ4v) is 2.97. The molecule has 2 amide bonds. The predicted octanol–water partition coefficient (Wildman–Crippen LogP) is 1.38. The SMILES string of the molecule is CCc1cc(=O)oc2cc(C)cc(OCC(=O)NCC(=O)NC(C(=O)O)C(C)C)c12. The molecule has 0 aliphatic rings. The van der Waals surface area contributed by atoms with Gasteiger partial charge < -0.3 is 24.9 Å². The van der Waals surface area contributed by atoms with E-state index < -0.39 is 29.5 Å². The van der Waals surface area contributed by atoms with Gasteiger partial charge in [0.1, 0.15) is 17.4 Å². The summed E-state index contributed by atoms with van der Waals surface area (Å²) in [7, 11) is 0. The van der Waals surface area contributed by atoms with Gasteiger partial charge in [0.2, 0.25) is 5.91 Å². The van der Waals surface area contributed by atoms with Crippen molar-refractivity contribution >= 4 is 28.8 Å². The zero-order valence-corrected chi connectivity index (χ0v) is 17.4. The van der Waals surface area contributed by atoms with Crippen molar-refractivity contribution in [1.82, 2.24) is 10.6 Å². The van der Waals surface area contributed by atoms with Crippen LogP contribution in [0.5, 0.6) is 5.75 Å². The number of hydrogen-bond donors (Lipinski definition) is 3. The molecule has 0 saturated carbocycles. The van der Waals surface area contributed by atoms with Crippen LogP contribution >= 0.6 is 0 Å². The third kappa shape index (κ3) is 5.82. The summed E-state index contributed by atoms with van der Waals surface area (Å²) < 4.78 is 10.9. The minimum absolute atomic E-state index is 0.298. The number of carboxylic acids is 1. The third-order valence-corrected chi connectivity index (χ3v) is 4.47. The number of nitrogens with one attached hydrogen (secondary N) is 2. The molecular formula is C21H26N2O7. The lowest BCUT2D eigenvalue weighted by Crippen LogP contribution is -2.48. The number of carbonyl (C=O) groups excluding carboxylic acids is 2. The van der Waals surface area contributed by atoms with Crippen molar-refractivity contribution in [2.24, 2.45) is 5.92 Å². The minimum Gasteiger partial charge on any atom is -0.483 e. The Balaban J connectivity index is 2.03. The molecule has 162 valence electrons. The van der Waals surface area contributed by atoms with E-state index in [9.17, 15) is 19.2 Å². The second-order valence-corrected chi connectivity index (χ2v) is 7.27. The molecule has 0 aliphatic heterocycles. The molecule has 1 unspecified atom stereocenters. The van der Waals surface area contributed by atoms with Gasteiger partial charge in [-0.3, -0.25) is 9.59 Å². The van der Waals surface area contributed by atoms with Crippen molar-refractivity contribution in [2.75, 3.05) is 13.2 Å². The largest absolute Gasteiger partial charge is 0.483 e. The van der Waals surface area contributed by atoms with E-state index in [1.54, 1.807) is 26.0 Å². The molecule has 9 nitrogen and oxygen atoms in total. The highest BCUT2D eigenvalue weighted by Gasteiger charge is 2.23. The molecule has 0 bridgehead atoms. The topological polar surface area (TPSA) is 135 Å². The van der Waals surface area contributed by atoms with Gasteiger partial charge in [-0.25, -0.2) is 9.59 Å². The summed E-state index contributed by atoms with van der Waals surface area (Å²) in [6.45, 7) is 6.31. The van der Waals surface area contributed by atoms with Crippen molar-refractivity contribution < 1.29 is 28.6 Å². The van der Waals surface area contributed by atoms with Crippen LogP contribution in [0.4, 0.5) is 0 Å². The Morgan fingerprint density at radius 2 is 1.87 bits per heavy atom. The van der Waals surface area contributed by atoms with Crippen molar-refractivity contribution in [2.45, 2.75) is 40.2 Å². The molecule has 0 fully saturated rings. The van der Waals surface area contributed by atoms with Crippen molar-refractivity contribution in [3.8, 4) is 5.75 Å². The molecule has 0 radical (unpaired) electrons. The lowest BCUT2D eigenvalue weighted by molar-refractivity contribution is -0.143. The number of carboxylic acid groups (broad SMARTS) is 1. The van der Waals surface area contributed by atoms with Gasteiger partial charge in [0.15, 0.2) is 6.61 Å². The highest BCUT2D eigenvalue weighted by atomic mass is 16.5. The second-order valence-electron chi connectivity index (χ2n) is 7.27. The standard InChI is InChI=1S/C21H26N2O7/c1-5-13-8-18(26)30-15-7-12(4)6-14(19(13)15)29-10-17(25)22-9-16(24)23-20(11(2)3)21(27)28/h6-8,11,20H,5,9-10H2,1-4H3,(H,22,25)(H,23,24)(H,27,28). The Morgan fingerprint density at radius 3 is 2.47 bits per heavy atom. The first-order valence-electron chi connectivity index (χ1n) is 9.61.